The fourth-order valence-electron chi connectivity index (χ4n) is 2.71. The van der Waals surface area contributed by atoms with Crippen LogP contribution in [0.3, 0.4) is 0 Å². The Hall–Kier alpha value is -1.55. The second-order valence-electron chi connectivity index (χ2n) is 5.33. The van der Waals surface area contributed by atoms with E-state index < -0.39 is 0 Å². The van der Waals surface area contributed by atoms with Crippen molar-refractivity contribution in [2.45, 2.75) is 18.4 Å². The molecule has 2 N–H and O–H groups in total. The van der Waals surface area contributed by atoms with E-state index in [2.05, 4.69) is 9.88 Å². The van der Waals surface area contributed by atoms with Crippen molar-refractivity contribution in [2.24, 2.45) is 11.7 Å². The number of benzene rings is 1. The Bertz CT molecular complexity index is 534. The van der Waals surface area contributed by atoms with E-state index in [0.29, 0.717) is 6.01 Å². The van der Waals surface area contributed by atoms with Crippen molar-refractivity contribution in [1.29, 1.82) is 0 Å². The SMILES string of the molecule is NC1(C2CC2)CN(c2nc3ccccc3o2)C1. The van der Waals surface area contributed by atoms with Gasteiger partial charge in [0.15, 0.2) is 5.58 Å². The van der Waals surface area contributed by atoms with E-state index in [1.165, 1.54) is 12.8 Å². The third kappa shape index (κ3) is 1.37. The van der Waals surface area contributed by atoms with Crippen molar-refractivity contribution in [3.63, 3.8) is 0 Å². The molecule has 1 aromatic carbocycles. The topological polar surface area (TPSA) is 55.3 Å². The molecule has 2 fully saturated rings. The Morgan fingerprint density at radius 1 is 1.29 bits per heavy atom. The van der Waals surface area contributed by atoms with Crippen LogP contribution in [-0.2, 0) is 0 Å². The summed E-state index contributed by atoms with van der Waals surface area (Å²) in [5.74, 6) is 0.725. The summed E-state index contributed by atoms with van der Waals surface area (Å²) in [6.07, 6.45) is 2.58. The van der Waals surface area contributed by atoms with Gasteiger partial charge in [0.1, 0.15) is 5.52 Å². The predicted molar refractivity (Wildman–Crippen MR) is 65.9 cm³/mol. The first-order valence-electron chi connectivity index (χ1n) is 6.14. The quantitative estimate of drug-likeness (QED) is 0.852. The summed E-state index contributed by atoms with van der Waals surface area (Å²) in [6.45, 7) is 1.76. The van der Waals surface area contributed by atoms with Gasteiger partial charge in [-0.2, -0.15) is 4.98 Å². The first-order valence-corrected chi connectivity index (χ1v) is 6.14. The summed E-state index contributed by atoms with van der Waals surface area (Å²) in [5.41, 5.74) is 8.10. The van der Waals surface area contributed by atoms with Crippen molar-refractivity contribution < 1.29 is 4.42 Å². The molecule has 1 aliphatic heterocycles. The molecule has 2 aromatic rings. The fourth-order valence-corrected chi connectivity index (χ4v) is 2.71. The van der Waals surface area contributed by atoms with Gasteiger partial charge in [-0.1, -0.05) is 12.1 Å². The van der Waals surface area contributed by atoms with Crippen molar-refractivity contribution in [2.75, 3.05) is 18.0 Å². The van der Waals surface area contributed by atoms with Crippen molar-refractivity contribution in [3.05, 3.63) is 24.3 Å². The smallest absolute Gasteiger partial charge is 0.298 e. The van der Waals surface area contributed by atoms with Gasteiger partial charge in [0.05, 0.1) is 5.54 Å². The zero-order chi connectivity index (χ0) is 11.5. The lowest BCUT2D eigenvalue weighted by Gasteiger charge is -2.47. The number of anilines is 1. The molecular weight excluding hydrogens is 214 g/mol. The van der Waals surface area contributed by atoms with Gasteiger partial charge in [-0.3, -0.25) is 0 Å². The molecule has 2 heterocycles. The van der Waals surface area contributed by atoms with Crippen LogP contribution in [0.5, 0.6) is 0 Å². The Morgan fingerprint density at radius 3 is 2.76 bits per heavy atom. The highest BCUT2D eigenvalue weighted by Gasteiger charge is 2.51. The van der Waals surface area contributed by atoms with Gasteiger partial charge in [0.2, 0.25) is 0 Å². The minimum atomic E-state index is 0.0145. The van der Waals surface area contributed by atoms with Crippen LogP contribution >= 0.6 is 0 Å². The maximum atomic E-state index is 6.32. The monoisotopic (exact) mass is 229 g/mol. The van der Waals surface area contributed by atoms with Crippen LogP contribution in [0.1, 0.15) is 12.8 Å². The lowest BCUT2D eigenvalue weighted by molar-refractivity contribution is 0.277. The lowest BCUT2D eigenvalue weighted by Crippen LogP contribution is -2.69. The van der Waals surface area contributed by atoms with Gasteiger partial charge in [-0.05, 0) is 30.9 Å². The lowest BCUT2D eigenvalue weighted by atomic mass is 9.86. The zero-order valence-corrected chi connectivity index (χ0v) is 9.60. The van der Waals surface area contributed by atoms with Crippen LogP contribution in [0.4, 0.5) is 6.01 Å². The molecule has 1 aliphatic carbocycles. The van der Waals surface area contributed by atoms with Crippen LogP contribution in [0.25, 0.3) is 11.1 Å². The Kier molecular flexibility index (Phi) is 1.68. The van der Waals surface area contributed by atoms with E-state index in [1.807, 2.05) is 24.3 Å². The largest absolute Gasteiger partial charge is 0.423 e. The van der Waals surface area contributed by atoms with Crippen LogP contribution in [0.2, 0.25) is 0 Å². The molecule has 17 heavy (non-hydrogen) atoms. The summed E-state index contributed by atoms with van der Waals surface area (Å²) in [5, 5.41) is 0. The molecular formula is C13H15N3O. The number of nitrogens with zero attached hydrogens (tertiary/aromatic N) is 2. The van der Waals surface area contributed by atoms with Crippen LogP contribution in [0, 0.1) is 5.92 Å². The highest BCUT2D eigenvalue weighted by Crippen LogP contribution is 2.44. The minimum absolute atomic E-state index is 0.0145. The van der Waals surface area contributed by atoms with E-state index in [1.54, 1.807) is 0 Å². The number of fused-ring (bicyclic) bond motifs is 1. The van der Waals surface area contributed by atoms with Crippen LogP contribution in [-0.4, -0.2) is 23.6 Å². The fraction of sp³-hybridized carbons (Fsp3) is 0.462. The van der Waals surface area contributed by atoms with Crippen molar-refractivity contribution >= 4 is 17.1 Å². The van der Waals surface area contributed by atoms with Gasteiger partial charge in [-0.15, -0.1) is 0 Å². The molecule has 0 radical (unpaired) electrons. The number of nitrogens with two attached hydrogens (primary N) is 1. The van der Waals surface area contributed by atoms with Gasteiger partial charge in [-0.25, -0.2) is 0 Å². The van der Waals surface area contributed by atoms with Crippen molar-refractivity contribution in [1.82, 2.24) is 4.98 Å². The molecule has 4 heteroatoms. The molecule has 0 amide bonds. The highest BCUT2D eigenvalue weighted by molar-refractivity contribution is 5.74. The normalized spacial score (nSPS) is 22.8. The maximum absolute atomic E-state index is 6.32. The summed E-state index contributed by atoms with van der Waals surface area (Å²) in [6, 6.07) is 8.57. The zero-order valence-electron chi connectivity index (χ0n) is 9.60. The number of aromatic nitrogens is 1. The summed E-state index contributed by atoms with van der Waals surface area (Å²) in [4.78, 5) is 6.62. The van der Waals surface area contributed by atoms with Crippen LogP contribution in [0.15, 0.2) is 28.7 Å². The second-order valence-corrected chi connectivity index (χ2v) is 5.33. The number of para-hydroxylation sites is 2. The predicted octanol–water partition coefficient (Wildman–Crippen LogP) is 1.76. The number of rotatable bonds is 2. The van der Waals surface area contributed by atoms with Gasteiger partial charge in [0, 0.05) is 13.1 Å². The molecule has 88 valence electrons. The molecule has 1 saturated heterocycles. The molecule has 1 saturated carbocycles. The second kappa shape index (κ2) is 3.01. The standard InChI is InChI=1S/C13H15N3O/c14-13(9-5-6-9)7-16(8-13)12-15-10-3-1-2-4-11(10)17-12/h1-4,9H,5-8,14H2. The van der Waals surface area contributed by atoms with E-state index in [4.69, 9.17) is 10.2 Å². The average molecular weight is 229 g/mol. The molecule has 0 bridgehead atoms. The van der Waals surface area contributed by atoms with Gasteiger partial charge in [0.25, 0.3) is 6.01 Å². The third-order valence-electron chi connectivity index (χ3n) is 3.91. The molecule has 2 aliphatic rings. The Labute approximate surface area is 99.4 Å². The maximum Gasteiger partial charge on any atom is 0.298 e. The molecule has 0 unspecified atom stereocenters. The average Bonchev–Trinajstić information content (AvgIpc) is 3.04. The van der Waals surface area contributed by atoms with Gasteiger partial charge < -0.3 is 15.1 Å². The first kappa shape index (κ1) is 9.48. The Morgan fingerprint density at radius 2 is 2.06 bits per heavy atom. The number of hydrogen-bond acceptors (Lipinski definition) is 4. The van der Waals surface area contributed by atoms with E-state index in [9.17, 15) is 0 Å². The molecule has 4 nitrogen and oxygen atoms in total. The molecule has 0 spiro atoms. The summed E-state index contributed by atoms with van der Waals surface area (Å²) >= 11 is 0. The third-order valence-corrected chi connectivity index (χ3v) is 3.91. The van der Waals surface area contributed by atoms with Crippen LogP contribution < -0.4 is 10.6 Å². The van der Waals surface area contributed by atoms with E-state index >= 15 is 0 Å². The van der Waals surface area contributed by atoms with E-state index in [0.717, 1.165) is 30.1 Å². The number of oxazole rings is 1. The highest BCUT2D eigenvalue weighted by atomic mass is 16.4. The summed E-state index contributed by atoms with van der Waals surface area (Å²) < 4.78 is 5.72. The molecule has 4 rings (SSSR count). The summed E-state index contributed by atoms with van der Waals surface area (Å²) in [7, 11) is 0. The number of hydrogen-bond donors (Lipinski definition) is 1. The van der Waals surface area contributed by atoms with Gasteiger partial charge >= 0.3 is 0 Å². The van der Waals surface area contributed by atoms with Crippen molar-refractivity contribution in [3.8, 4) is 0 Å². The first-order chi connectivity index (χ1) is 8.24. The minimum Gasteiger partial charge on any atom is -0.423 e. The Balaban J connectivity index is 1.60. The van der Waals surface area contributed by atoms with E-state index in [-0.39, 0.29) is 5.54 Å². The molecule has 1 aromatic heterocycles. The molecule has 0 atom stereocenters.